The summed E-state index contributed by atoms with van der Waals surface area (Å²) in [4.78, 5) is 29.1. The number of hydrogen-bond acceptors (Lipinski definition) is 4. The maximum atomic E-state index is 12.9. The Kier molecular flexibility index (Phi) is 4.80. The van der Waals surface area contributed by atoms with Gasteiger partial charge in [-0.05, 0) is 31.9 Å². The van der Waals surface area contributed by atoms with E-state index >= 15 is 0 Å². The summed E-state index contributed by atoms with van der Waals surface area (Å²) in [6, 6.07) is 7.24. The topological polar surface area (TPSA) is 49.9 Å². The van der Waals surface area contributed by atoms with Gasteiger partial charge in [-0.3, -0.25) is 9.59 Å². The summed E-state index contributed by atoms with van der Waals surface area (Å²) in [5, 5.41) is 0. The van der Waals surface area contributed by atoms with Crippen LogP contribution in [0.2, 0.25) is 0 Å². The smallest absolute Gasteiger partial charge is 0.259 e. The zero-order valence-electron chi connectivity index (χ0n) is 13.5. The van der Waals surface area contributed by atoms with Crippen LogP contribution in [0, 0.1) is 0 Å². The fourth-order valence-electron chi connectivity index (χ4n) is 2.80. The molecule has 23 heavy (non-hydrogen) atoms. The highest BCUT2D eigenvalue weighted by Gasteiger charge is 2.40. The van der Waals surface area contributed by atoms with Crippen molar-refractivity contribution in [2.75, 3.05) is 25.3 Å². The van der Waals surface area contributed by atoms with Gasteiger partial charge in [0, 0.05) is 18.8 Å². The van der Waals surface area contributed by atoms with E-state index in [1.54, 1.807) is 28.8 Å². The van der Waals surface area contributed by atoms with Crippen LogP contribution >= 0.6 is 11.8 Å². The van der Waals surface area contributed by atoms with E-state index in [-0.39, 0.29) is 17.9 Å². The molecule has 0 aromatic heterocycles. The lowest BCUT2D eigenvalue weighted by molar-refractivity contribution is -0.134. The Hall–Kier alpha value is -1.69. The highest BCUT2D eigenvalue weighted by Crippen LogP contribution is 2.31. The summed E-state index contributed by atoms with van der Waals surface area (Å²) < 4.78 is 5.56. The molecular formula is C17H22N2O3S. The minimum atomic E-state index is -0.368. The summed E-state index contributed by atoms with van der Waals surface area (Å²) >= 11 is 1.63. The number of carbonyl (C=O) groups is 2. The normalized spacial score (nSPS) is 20.4. The molecule has 1 heterocycles. The molecule has 1 unspecified atom stereocenters. The molecule has 6 heteroatoms. The molecule has 5 nitrogen and oxygen atoms in total. The van der Waals surface area contributed by atoms with E-state index < -0.39 is 0 Å². The molecule has 0 bridgehead atoms. The maximum Gasteiger partial charge on any atom is 0.259 e. The van der Waals surface area contributed by atoms with Gasteiger partial charge in [0.15, 0.2) is 0 Å². The molecule has 1 saturated carbocycles. The molecule has 3 rings (SSSR count). The van der Waals surface area contributed by atoms with Gasteiger partial charge in [-0.15, -0.1) is 11.8 Å². The number of carbonyl (C=O) groups excluding carboxylic acids is 2. The van der Waals surface area contributed by atoms with Crippen LogP contribution in [0.5, 0.6) is 5.75 Å². The first-order valence-corrected chi connectivity index (χ1v) is 9.16. The van der Waals surface area contributed by atoms with E-state index in [0.29, 0.717) is 35.6 Å². The van der Waals surface area contributed by atoms with Gasteiger partial charge in [-0.25, -0.2) is 0 Å². The van der Waals surface area contributed by atoms with Gasteiger partial charge in [-0.2, -0.15) is 0 Å². The first kappa shape index (κ1) is 16.2. The lowest BCUT2D eigenvalue weighted by Gasteiger charge is -2.27. The Bertz CT molecular complexity index is 603. The number of thioether (sulfide) groups is 1. The average Bonchev–Trinajstić information content (AvgIpc) is 3.30. The quantitative estimate of drug-likeness (QED) is 0.828. The van der Waals surface area contributed by atoms with E-state index in [9.17, 15) is 9.59 Å². The SMILES string of the molecule is CCOc1ccccc1C(=O)N1CSCC1C(=O)N(C)C1CC1. The number of benzene rings is 1. The molecule has 2 fully saturated rings. The van der Waals surface area contributed by atoms with Crippen LogP contribution < -0.4 is 4.74 Å². The number of amides is 2. The van der Waals surface area contributed by atoms with Crippen molar-refractivity contribution in [2.45, 2.75) is 31.8 Å². The van der Waals surface area contributed by atoms with Crippen molar-refractivity contribution in [3.05, 3.63) is 29.8 Å². The van der Waals surface area contributed by atoms with Gasteiger partial charge >= 0.3 is 0 Å². The molecule has 1 aromatic carbocycles. The third-order valence-corrected chi connectivity index (χ3v) is 5.30. The van der Waals surface area contributed by atoms with Crippen molar-refractivity contribution in [1.82, 2.24) is 9.80 Å². The third-order valence-electron chi connectivity index (χ3n) is 4.29. The summed E-state index contributed by atoms with van der Waals surface area (Å²) in [5.74, 6) is 1.73. The van der Waals surface area contributed by atoms with Gasteiger partial charge < -0.3 is 14.5 Å². The Labute approximate surface area is 141 Å². The predicted octanol–water partition coefficient (Wildman–Crippen LogP) is 2.22. The molecule has 1 saturated heterocycles. The first-order valence-electron chi connectivity index (χ1n) is 8.00. The van der Waals surface area contributed by atoms with E-state index in [2.05, 4.69) is 0 Å². The molecule has 0 radical (unpaired) electrons. The van der Waals surface area contributed by atoms with Crippen molar-refractivity contribution in [3.8, 4) is 5.75 Å². The van der Waals surface area contributed by atoms with Crippen molar-refractivity contribution < 1.29 is 14.3 Å². The minimum absolute atomic E-state index is 0.0553. The zero-order valence-corrected chi connectivity index (χ0v) is 14.3. The van der Waals surface area contributed by atoms with E-state index in [1.807, 2.05) is 31.0 Å². The van der Waals surface area contributed by atoms with Crippen molar-refractivity contribution >= 4 is 23.6 Å². The molecule has 1 aliphatic carbocycles. The lowest BCUT2D eigenvalue weighted by atomic mass is 10.1. The highest BCUT2D eigenvalue weighted by atomic mass is 32.2. The van der Waals surface area contributed by atoms with Gasteiger partial charge in [0.1, 0.15) is 11.8 Å². The number of likely N-dealkylation sites (N-methyl/N-ethyl adjacent to an activating group) is 1. The second-order valence-corrected chi connectivity index (χ2v) is 6.90. The highest BCUT2D eigenvalue weighted by molar-refractivity contribution is 7.99. The lowest BCUT2D eigenvalue weighted by Crippen LogP contribution is -2.48. The molecule has 124 valence electrons. The van der Waals surface area contributed by atoms with Crippen molar-refractivity contribution in [3.63, 3.8) is 0 Å². The Balaban J connectivity index is 1.79. The number of para-hydroxylation sites is 1. The fraction of sp³-hybridized carbons (Fsp3) is 0.529. The van der Waals surface area contributed by atoms with Crippen LogP contribution in [-0.4, -0.2) is 59.0 Å². The molecule has 0 N–H and O–H groups in total. The second-order valence-electron chi connectivity index (χ2n) is 5.90. The van der Waals surface area contributed by atoms with Crippen LogP contribution in [0.4, 0.5) is 0 Å². The molecule has 1 aliphatic heterocycles. The number of nitrogens with zero attached hydrogens (tertiary/aromatic N) is 2. The number of hydrogen-bond donors (Lipinski definition) is 0. The maximum absolute atomic E-state index is 12.9. The van der Waals surface area contributed by atoms with Crippen LogP contribution in [0.3, 0.4) is 0 Å². The van der Waals surface area contributed by atoms with Gasteiger partial charge in [-0.1, -0.05) is 12.1 Å². The number of ether oxygens (including phenoxy) is 1. The summed E-state index contributed by atoms with van der Waals surface area (Å²) in [6.45, 7) is 2.40. The van der Waals surface area contributed by atoms with E-state index in [0.717, 1.165) is 12.8 Å². The average molecular weight is 334 g/mol. The Morgan fingerprint density at radius 2 is 2.09 bits per heavy atom. The standard InChI is InChI=1S/C17H22N2O3S/c1-3-22-15-7-5-4-6-13(15)16(20)19-11-23-10-14(19)17(21)18(2)12-8-9-12/h4-7,12,14H,3,8-11H2,1-2H3. The summed E-state index contributed by atoms with van der Waals surface area (Å²) in [7, 11) is 1.85. The van der Waals surface area contributed by atoms with E-state index in [1.165, 1.54) is 0 Å². The molecule has 1 aromatic rings. The molecule has 1 atom stereocenters. The molecular weight excluding hydrogens is 312 g/mol. The van der Waals surface area contributed by atoms with Gasteiger partial charge in [0.25, 0.3) is 5.91 Å². The number of rotatable bonds is 5. The molecule has 2 aliphatic rings. The van der Waals surface area contributed by atoms with E-state index in [4.69, 9.17) is 4.74 Å². The summed E-state index contributed by atoms with van der Waals surface area (Å²) in [6.07, 6.45) is 2.15. The Morgan fingerprint density at radius 3 is 2.78 bits per heavy atom. The molecule has 2 amide bonds. The van der Waals surface area contributed by atoms with Gasteiger partial charge in [0.05, 0.1) is 18.0 Å². The summed E-state index contributed by atoms with van der Waals surface area (Å²) in [5.41, 5.74) is 0.531. The van der Waals surface area contributed by atoms with Crippen molar-refractivity contribution in [2.24, 2.45) is 0 Å². The second kappa shape index (κ2) is 6.83. The minimum Gasteiger partial charge on any atom is -0.493 e. The predicted molar refractivity (Wildman–Crippen MR) is 90.7 cm³/mol. The molecule has 0 spiro atoms. The third kappa shape index (κ3) is 3.32. The van der Waals surface area contributed by atoms with Crippen LogP contribution in [0.25, 0.3) is 0 Å². The van der Waals surface area contributed by atoms with Crippen LogP contribution in [-0.2, 0) is 4.79 Å². The van der Waals surface area contributed by atoms with Crippen LogP contribution in [0.15, 0.2) is 24.3 Å². The van der Waals surface area contributed by atoms with Crippen LogP contribution in [0.1, 0.15) is 30.1 Å². The Morgan fingerprint density at radius 1 is 1.35 bits per heavy atom. The van der Waals surface area contributed by atoms with Gasteiger partial charge in [0.2, 0.25) is 5.91 Å². The first-order chi connectivity index (χ1) is 11.1. The fourth-order valence-corrected chi connectivity index (χ4v) is 3.95. The zero-order chi connectivity index (χ0) is 16.4. The largest absolute Gasteiger partial charge is 0.493 e. The van der Waals surface area contributed by atoms with Crippen molar-refractivity contribution in [1.29, 1.82) is 0 Å². The monoisotopic (exact) mass is 334 g/mol.